The highest BCUT2D eigenvalue weighted by atomic mass is 16.5. The van der Waals surface area contributed by atoms with Crippen LogP contribution in [0.1, 0.15) is 38.5 Å². The summed E-state index contributed by atoms with van der Waals surface area (Å²) in [5.41, 5.74) is 0. The van der Waals surface area contributed by atoms with Crippen molar-refractivity contribution in [3.8, 4) is 0 Å². The Hall–Kier alpha value is -0.410. The number of carbonyl (C=O) groups excluding carboxylic acids is 1. The minimum absolute atomic E-state index is 0.133. The summed E-state index contributed by atoms with van der Waals surface area (Å²) in [5.74, 6) is 0.780. The number of rotatable bonds is 6. The molecule has 3 nitrogen and oxygen atoms in total. The van der Waals surface area contributed by atoms with Gasteiger partial charge in [0.15, 0.2) is 5.78 Å². The van der Waals surface area contributed by atoms with Crippen LogP contribution in [0.2, 0.25) is 0 Å². The first-order valence-electron chi connectivity index (χ1n) is 5.98. The molecule has 2 atom stereocenters. The van der Waals surface area contributed by atoms with E-state index in [9.17, 15) is 4.79 Å². The first kappa shape index (κ1) is 11.1. The molecule has 1 aliphatic carbocycles. The molecule has 1 saturated carbocycles. The summed E-state index contributed by atoms with van der Waals surface area (Å²) in [7, 11) is 1.65. The Balaban J connectivity index is 1.70. The maximum absolute atomic E-state index is 11.8. The lowest BCUT2D eigenvalue weighted by Gasteiger charge is -2.14. The highest BCUT2D eigenvalue weighted by Gasteiger charge is 2.36. The normalized spacial score (nSPS) is 27.9. The van der Waals surface area contributed by atoms with Crippen LogP contribution in [0.5, 0.6) is 0 Å². The lowest BCUT2D eigenvalue weighted by molar-refractivity contribution is -0.130. The van der Waals surface area contributed by atoms with Crippen LogP contribution < -0.4 is 0 Å². The molecule has 0 aromatic carbocycles. The van der Waals surface area contributed by atoms with Gasteiger partial charge in [-0.1, -0.05) is 0 Å². The predicted molar refractivity (Wildman–Crippen MR) is 56.7 cm³/mol. The molecule has 0 N–H and O–H groups in total. The van der Waals surface area contributed by atoms with Gasteiger partial charge in [-0.3, -0.25) is 4.79 Å². The fraction of sp³-hybridized carbons (Fsp3) is 0.917. The van der Waals surface area contributed by atoms with Gasteiger partial charge in [0.1, 0.15) is 6.10 Å². The summed E-state index contributed by atoms with van der Waals surface area (Å²) in [4.78, 5) is 11.8. The second-order valence-electron chi connectivity index (χ2n) is 4.63. The molecule has 1 aliphatic heterocycles. The lowest BCUT2D eigenvalue weighted by Crippen LogP contribution is -2.26. The molecule has 15 heavy (non-hydrogen) atoms. The van der Waals surface area contributed by atoms with E-state index in [2.05, 4.69) is 0 Å². The molecule has 2 fully saturated rings. The Morgan fingerprint density at radius 1 is 1.47 bits per heavy atom. The van der Waals surface area contributed by atoms with Crippen molar-refractivity contribution in [2.45, 2.75) is 50.7 Å². The van der Waals surface area contributed by atoms with E-state index in [1.807, 2.05) is 0 Å². The average molecular weight is 212 g/mol. The SMILES string of the molecule is COC(C(=O)CCC1CCCO1)C1CC1. The molecule has 0 radical (unpaired) electrons. The fourth-order valence-corrected chi connectivity index (χ4v) is 2.30. The molecule has 2 unspecified atom stereocenters. The topological polar surface area (TPSA) is 35.5 Å². The molecule has 0 aromatic heterocycles. The lowest BCUT2D eigenvalue weighted by atomic mass is 10.0. The van der Waals surface area contributed by atoms with E-state index in [1.165, 1.54) is 0 Å². The number of ketones is 1. The van der Waals surface area contributed by atoms with Gasteiger partial charge in [-0.15, -0.1) is 0 Å². The highest BCUT2D eigenvalue weighted by molar-refractivity contribution is 5.83. The molecular formula is C12H20O3. The highest BCUT2D eigenvalue weighted by Crippen LogP contribution is 2.35. The zero-order valence-corrected chi connectivity index (χ0v) is 9.41. The number of hydrogen-bond acceptors (Lipinski definition) is 3. The molecule has 0 aromatic rings. The van der Waals surface area contributed by atoms with Crippen molar-refractivity contribution < 1.29 is 14.3 Å². The third kappa shape index (κ3) is 3.02. The van der Waals surface area contributed by atoms with Crippen molar-refractivity contribution in [1.29, 1.82) is 0 Å². The van der Waals surface area contributed by atoms with E-state index < -0.39 is 0 Å². The monoisotopic (exact) mass is 212 g/mol. The van der Waals surface area contributed by atoms with Gasteiger partial charge < -0.3 is 9.47 Å². The Bertz CT molecular complexity index is 217. The third-order valence-electron chi connectivity index (χ3n) is 3.36. The van der Waals surface area contributed by atoms with Crippen LogP contribution in [-0.4, -0.2) is 31.7 Å². The van der Waals surface area contributed by atoms with Crippen molar-refractivity contribution >= 4 is 5.78 Å². The molecule has 1 saturated heterocycles. The van der Waals surface area contributed by atoms with E-state index in [1.54, 1.807) is 7.11 Å². The maximum atomic E-state index is 11.8. The Kier molecular flexibility index (Phi) is 3.76. The average Bonchev–Trinajstić information content (AvgIpc) is 2.93. The smallest absolute Gasteiger partial charge is 0.161 e. The van der Waals surface area contributed by atoms with Crippen LogP contribution in [-0.2, 0) is 14.3 Å². The van der Waals surface area contributed by atoms with Gasteiger partial charge in [-0.25, -0.2) is 0 Å². The number of carbonyl (C=O) groups is 1. The number of methoxy groups -OCH3 is 1. The summed E-state index contributed by atoms with van der Waals surface area (Å²) < 4.78 is 10.8. The van der Waals surface area contributed by atoms with E-state index in [-0.39, 0.29) is 11.9 Å². The Morgan fingerprint density at radius 2 is 2.27 bits per heavy atom. The Labute approximate surface area is 91.1 Å². The summed E-state index contributed by atoms with van der Waals surface area (Å²) in [6, 6.07) is 0. The van der Waals surface area contributed by atoms with Crippen molar-refractivity contribution in [3.05, 3.63) is 0 Å². The zero-order chi connectivity index (χ0) is 10.7. The van der Waals surface area contributed by atoms with E-state index >= 15 is 0 Å². The molecule has 0 bridgehead atoms. The van der Waals surface area contributed by atoms with Crippen molar-refractivity contribution in [2.24, 2.45) is 5.92 Å². The summed E-state index contributed by atoms with van der Waals surface area (Å²) in [5, 5.41) is 0. The van der Waals surface area contributed by atoms with Gasteiger partial charge in [0.25, 0.3) is 0 Å². The van der Waals surface area contributed by atoms with E-state index in [0.29, 0.717) is 18.4 Å². The maximum Gasteiger partial charge on any atom is 0.161 e. The van der Waals surface area contributed by atoms with Crippen molar-refractivity contribution in [1.82, 2.24) is 0 Å². The summed E-state index contributed by atoms with van der Waals surface area (Å²) in [6.07, 6.45) is 6.28. The van der Waals surface area contributed by atoms with E-state index in [0.717, 1.165) is 38.7 Å². The first-order chi connectivity index (χ1) is 7.31. The minimum atomic E-state index is -0.133. The Morgan fingerprint density at radius 3 is 2.80 bits per heavy atom. The van der Waals surface area contributed by atoms with Crippen LogP contribution in [0, 0.1) is 5.92 Å². The van der Waals surface area contributed by atoms with Gasteiger partial charge in [-0.05, 0) is 38.0 Å². The largest absolute Gasteiger partial charge is 0.378 e. The van der Waals surface area contributed by atoms with Gasteiger partial charge in [0.05, 0.1) is 6.10 Å². The summed E-state index contributed by atoms with van der Waals surface area (Å²) >= 11 is 0. The summed E-state index contributed by atoms with van der Waals surface area (Å²) in [6.45, 7) is 0.870. The van der Waals surface area contributed by atoms with Gasteiger partial charge in [0, 0.05) is 20.1 Å². The molecule has 1 heterocycles. The predicted octanol–water partition coefficient (Wildman–Crippen LogP) is 1.94. The number of Topliss-reactive ketones (excluding diaryl/α,β-unsaturated/α-hetero) is 1. The molecule has 2 rings (SSSR count). The van der Waals surface area contributed by atoms with Crippen LogP contribution in [0.4, 0.5) is 0 Å². The van der Waals surface area contributed by atoms with Gasteiger partial charge >= 0.3 is 0 Å². The third-order valence-corrected chi connectivity index (χ3v) is 3.36. The molecule has 0 spiro atoms. The second-order valence-corrected chi connectivity index (χ2v) is 4.63. The van der Waals surface area contributed by atoms with Crippen LogP contribution in [0.15, 0.2) is 0 Å². The van der Waals surface area contributed by atoms with Crippen LogP contribution >= 0.6 is 0 Å². The van der Waals surface area contributed by atoms with Crippen LogP contribution in [0.3, 0.4) is 0 Å². The van der Waals surface area contributed by atoms with Crippen molar-refractivity contribution in [3.63, 3.8) is 0 Å². The fourth-order valence-electron chi connectivity index (χ4n) is 2.30. The number of hydrogen-bond donors (Lipinski definition) is 0. The molecule has 3 heteroatoms. The first-order valence-corrected chi connectivity index (χ1v) is 5.98. The van der Waals surface area contributed by atoms with Gasteiger partial charge in [-0.2, -0.15) is 0 Å². The minimum Gasteiger partial charge on any atom is -0.378 e. The zero-order valence-electron chi connectivity index (χ0n) is 9.41. The second kappa shape index (κ2) is 5.08. The quantitative estimate of drug-likeness (QED) is 0.675. The molecule has 2 aliphatic rings. The van der Waals surface area contributed by atoms with E-state index in [4.69, 9.17) is 9.47 Å². The molecular weight excluding hydrogens is 192 g/mol. The standard InChI is InChI=1S/C12H20O3/c1-14-12(9-4-5-9)11(13)7-6-10-3-2-8-15-10/h9-10,12H,2-8H2,1H3. The van der Waals surface area contributed by atoms with Gasteiger partial charge in [0.2, 0.25) is 0 Å². The van der Waals surface area contributed by atoms with Crippen molar-refractivity contribution in [2.75, 3.05) is 13.7 Å². The molecule has 86 valence electrons. The number of ether oxygens (including phenoxy) is 2. The molecule has 0 amide bonds. The van der Waals surface area contributed by atoms with Crippen LogP contribution in [0.25, 0.3) is 0 Å².